The van der Waals surface area contributed by atoms with Crippen LogP contribution in [0, 0.1) is 17.2 Å². The highest BCUT2D eigenvalue weighted by molar-refractivity contribution is 6.34. The van der Waals surface area contributed by atoms with Gasteiger partial charge in [-0.3, -0.25) is 0 Å². The molecule has 1 saturated heterocycles. The number of halogens is 1. The van der Waals surface area contributed by atoms with E-state index in [-0.39, 0.29) is 0 Å². The lowest BCUT2D eigenvalue weighted by Gasteiger charge is -2.18. The number of rotatable bonds is 3. The van der Waals surface area contributed by atoms with Crippen molar-refractivity contribution in [3.05, 3.63) is 22.8 Å². The number of hydrogen-bond donors (Lipinski definition) is 0. The first kappa shape index (κ1) is 12.2. The fourth-order valence-electron chi connectivity index (χ4n) is 2.41. The predicted molar refractivity (Wildman–Crippen MR) is 69.2 cm³/mol. The second-order valence-corrected chi connectivity index (χ2v) is 4.88. The number of hydrogen-bond acceptors (Lipinski definition) is 3. The Labute approximate surface area is 107 Å². The van der Waals surface area contributed by atoms with Crippen molar-refractivity contribution in [2.75, 3.05) is 18.0 Å². The summed E-state index contributed by atoms with van der Waals surface area (Å²) in [5, 5.41) is 9.43. The molecule has 1 aromatic rings. The average molecular weight is 250 g/mol. The summed E-state index contributed by atoms with van der Waals surface area (Å²) in [6.45, 7) is 4.21. The fourth-order valence-corrected chi connectivity index (χ4v) is 2.68. The van der Waals surface area contributed by atoms with E-state index in [1.807, 2.05) is 0 Å². The highest BCUT2D eigenvalue weighted by Crippen LogP contribution is 2.31. The van der Waals surface area contributed by atoms with Gasteiger partial charge in [0.05, 0.1) is 5.56 Å². The van der Waals surface area contributed by atoms with Crippen LogP contribution in [0.1, 0.15) is 31.7 Å². The molecular weight excluding hydrogens is 234 g/mol. The number of nitrogens with zero attached hydrogens (tertiary/aromatic N) is 3. The summed E-state index contributed by atoms with van der Waals surface area (Å²) in [4.78, 5) is 6.50. The van der Waals surface area contributed by atoms with Crippen molar-refractivity contribution in [3.63, 3.8) is 0 Å². The van der Waals surface area contributed by atoms with E-state index in [1.165, 1.54) is 19.3 Å². The minimum absolute atomic E-state index is 0.493. The van der Waals surface area contributed by atoms with Gasteiger partial charge in [-0.05, 0) is 24.8 Å². The number of nitriles is 1. The van der Waals surface area contributed by atoms with Gasteiger partial charge < -0.3 is 4.90 Å². The van der Waals surface area contributed by atoms with Gasteiger partial charge in [-0.1, -0.05) is 24.9 Å². The van der Waals surface area contributed by atoms with Gasteiger partial charge in [-0.25, -0.2) is 4.98 Å². The Morgan fingerprint density at radius 1 is 1.65 bits per heavy atom. The van der Waals surface area contributed by atoms with Crippen LogP contribution in [0.3, 0.4) is 0 Å². The van der Waals surface area contributed by atoms with Gasteiger partial charge in [0, 0.05) is 19.3 Å². The lowest BCUT2D eigenvalue weighted by Crippen LogP contribution is -2.21. The van der Waals surface area contributed by atoms with Crippen LogP contribution in [-0.2, 0) is 0 Å². The number of anilines is 1. The van der Waals surface area contributed by atoms with E-state index in [2.05, 4.69) is 22.9 Å². The molecule has 0 amide bonds. The molecule has 0 radical (unpaired) electrons. The zero-order chi connectivity index (χ0) is 12.3. The minimum Gasteiger partial charge on any atom is -0.355 e. The third-order valence-electron chi connectivity index (χ3n) is 3.27. The molecule has 1 aliphatic heterocycles. The number of pyridine rings is 1. The molecule has 1 fully saturated rings. The highest BCUT2D eigenvalue weighted by atomic mass is 35.5. The molecule has 0 aromatic carbocycles. The van der Waals surface area contributed by atoms with Crippen molar-refractivity contribution in [2.24, 2.45) is 5.92 Å². The lowest BCUT2D eigenvalue weighted by molar-refractivity contribution is 0.529. The second kappa shape index (κ2) is 5.37. The molecule has 90 valence electrons. The van der Waals surface area contributed by atoms with E-state index in [1.54, 1.807) is 12.3 Å². The van der Waals surface area contributed by atoms with Crippen molar-refractivity contribution >= 4 is 17.4 Å². The van der Waals surface area contributed by atoms with Gasteiger partial charge in [0.25, 0.3) is 0 Å². The van der Waals surface area contributed by atoms with Gasteiger partial charge in [0.15, 0.2) is 0 Å². The summed E-state index contributed by atoms with van der Waals surface area (Å²) in [6, 6.07) is 3.76. The van der Waals surface area contributed by atoms with E-state index in [9.17, 15) is 0 Å². The van der Waals surface area contributed by atoms with Crippen molar-refractivity contribution in [1.29, 1.82) is 5.26 Å². The topological polar surface area (TPSA) is 39.9 Å². The molecule has 1 atom stereocenters. The smallest absolute Gasteiger partial charge is 0.148 e. The second-order valence-electron chi connectivity index (χ2n) is 4.50. The molecule has 0 saturated carbocycles. The Kier molecular flexibility index (Phi) is 3.86. The Hall–Kier alpha value is -1.27. The molecule has 0 bridgehead atoms. The van der Waals surface area contributed by atoms with Gasteiger partial charge in [0.1, 0.15) is 16.9 Å². The van der Waals surface area contributed by atoms with Crippen LogP contribution in [0.4, 0.5) is 5.82 Å². The van der Waals surface area contributed by atoms with E-state index in [4.69, 9.17) is 16.9 Å². The summed E-state index contributed by atoms with van der Waals surface area (Å²) in [6.07, 6.45) is 5.33. The van der Waals surface area contributed by atoms with Crippen LogP contribution < -0.4 is 4.90 Å². The lowest BCUT2D eigenvalue weighted by atomic mass is 10.0. The van der Waals surface area contributed by atoms with E-state index >= 15 is 0 Å². The molecule has 4 heteroatoms. The summed E-state index contributed by atoms with van der Waals surface area (Å²) in [7, 11) is 0. The molecule has 2 heterocycles. The average Bonchev–Trinajstić information content (AvgIpc) is 2.78. The highest BCUT2D eigenvalue weighted by Gasteiger charge is 2.24. The Bertz CT molecular complexity index is 439. The Balaban J connectivity index is 2.17. The zero-order valence-corrected chi connectivity index (χ0v) is 10.7. The quantitative estimate of drug-likeness (QED) is 0.826. The monoisotopic (exact) mass is 249 g/mol. The zero-order valence-electron chi connectivity index (χ0n) is 9.99. The molecule has 0 N–H and O–H groups in total. The molecule has 0 aliphatic carbocycles. The van der Waals surface area contributed by atoms with Crippen LogP contribution in [0.25, 0.3) is 0 Å². The third-order valence-corrected chi connectivity index (χ3v) is 3.65. The molecule has 17 heavy (non-hydrogen) atoms. The standard InChI is InChI=1S/C13H16ClN3/c1-2-3-10-5-7-17(9-10)13-12(14)11(8-15)4-6-16-13/h4,6,10H,2-3,5,7,9H2,1H3. The third kappa shape index (κ3) is 2.53. The van der Waals surface area contributed by atoms with Crippen molar-refractivity contribution in [3.8, 4) is 6.07 Å². The van der Waals surface area contributed by atoms with Crippen molar-refractivity contribution in [1.82, 2.24) is 4.98 Å². The van der Waals surface area contributed by atoms with E-state index in [0.717, 1.165) is 24.8 Å². The van der Waals surface area contributed by atoms with Crippen LogP contribution in [0.2, 0.25) is 5.02 Å². The summed E-state index contributed by atoms with van der Waals surface area (Å²) >= 11 is 6.19. The number of aromatic nitrogens is 1. The molecule has 3 nitrogen and oxygen atoms in total. The van der Waals surface area contributed by atoms with Gasteiger partial charge in [-0.15, -0.1) is 0 Å². The maximum atomic E-state index is 8.94. The van der Waals surface area contributed by atoms with Crippen LogP contribution in [0.5, 0.6) is 0 Å². The first-order valence-electron chi connectivity index (χ1n) is 6.05. The Morgan fingerprint density at radius 2 is 2.47 bits per heavy atom. The molecule has 0 spiro atoms. The molecule has 1 unspecified atom stereocenters. The van der Waals surface area contributed by atoms with E-state index in [0.29, 0.717) is 10.6 Å². The Morgan fingerprint density at radius 3 is 3.18 bits per heavy atom. The van der Waals surface area contributed by atoms with Crippen LogP contribution in [-0.4, -0.2) is 18.1 Å². The molecule has 1 aromatic heterocycles. The van der Waals surface area contributed by atoms with Crippen LogP contribution in [0.15, 0.2) is 12.3 Å². The molecule has 1 aliphatic rings. The van der Waals surface area contributed by atoms with Crippen LogP contribution >= 0.6 is 11.6 Å². The van der Waals surface area contributed by atoms with Gasteiger partial charge in [-0.2, -0.15) is 5.26 Å². The largest absolute Gasteiger partial charge is 0.355 e. The minimum atomic E-state index is 0.493. The first-order chi connectivity index (χ1) is 8.26. The maximum Gasteiger partial charge on any atom is 0.148 e. The fraction of sp³-hybridized carbons (Fsp3) is 0.538. The first-order valence-corrected chi connectivity index (χ1v) is 6.43. The maximum absolute atomic E-state index is 8.94. The molecular formula is C13H16ClN3. The van der Waals surface area contributed by atoms with Gasteiger partial charge >= 0.3 is 0 Å². The van der Waals surface area contributed by atoms with Gasteiger partial charge in [0.2, 0.25) is 0 Å². The SMILES string of the molecule is CCCC1CCN(c2nccc(C#N)c2Cl)C1. The summed E-state index contributed by atoms with van der Waals surface area (Å²) < 4.78 is 0. The van der Waals surface area contributed by atoms with E-state index < -0.39 is 0 Å². The molecule has 2 rings (SSSR count). The summed E-state index contributed by atoms with van der Waals surface area (Å²) in [5.74, 6) is 1.51. The van der Waals surface area contributed by atoms with Crippen molar-refractivity contribution in [2.45, 2.75) is 26.2 Å². The predicted octanol–water partition coefficient (Wildman–Crippen LogP) is 3.23. The van der Waals surface area contributed by atoms with Crippen molar-refractivity contribution < 1.29 is 0 Å². The normalized spacial score (nSPS) is 19.4. The summed E-state index contributed by atoms with van der Waals surface area (Å²) in [5.41, 5.74) is 0.510.